The summed E-state index contributed by atoms with van der Waals surface area (Å²) in [5, 5.41) is 10.4. The van der Waals surface area contributed by atoms with Crippen LogP contribution < -0.4 is 5.43 Å². The van der Waals surface area contributed by atoms with E-state index in [-0.39, 0.29) is 6.04 Å². The van der Waals surface area contributed by atoms with Crippen molar-refractivity contribution in [2.45, 2.75) is 19.4 Å². The van der Waals surface area contributed by atoms with Gasteiger partial charge in [-0.05, 0) is 13.3 Å². The van der Waals surface area contributed by atoms with Gasteiger partial charge in [0.25, 0.3) is 0 Å². The highest BCUT2D eigenvalue weighted by molar-refractivity contribution is 4.87. The fraction of sp³-hybridized carbons (Fsp3) is 0.833. The van der Waals surface area contributed by atoms with E-state index in [9.17, 15) is 0 Å². The van der Waals surface area contributed by atoms with Crippen LogP contribution in [0.3, 0.4) is 0 Å². The maximum atomic E-state index is 8.46. The molecule has 0 saturated carbocycles. The predicted octanol–water partition coefficient (Wildman–Crippen LogP) is 0.109. The zero-order valence-electron chi connectivity index (χ0n) is 5.59. The van der Waals surface area contributed by atoms with Crippen molar-refractivity contribution in [3.8, 4) is 6.07 Å². The Morgan fingerprint density at radius 2 is 2.56 bits per heavy atom. The fourth-order valence-electron chi connectivity index (χ4n) is 0.951. The van der Waals surface area contributed by atoms with E-state index in [0.717, 1.165) is 19.5 Å². The second-order valence-electron chi connectivity index (χ2n) is 2.26. The first-order valence-corrected chi connectivity index (χ1v) is 3.24. The molecule has 9 heavy (non-hydrogen) atoms. The van der Waals surface area contributed by atoms with Crippen molar-refractivity contribution in [2.75, 3.05) is 13.1 Å². The molecule has 1 rings (SSSR count). The van der Waals surface area contributed by atoms with E-state index < -0.39 is 0 Å². The molecule has 1 N–H and O–H groups in total. The molecule has 1 aliphatic rings. The summed E-state index contributed by atoms with van der Waals surface area (Å²) < 4.78 is 0. The number of nitrogens with one attached hydrogen (secondary N) is 1. The van der Waals surface area contributed by atoms with E-state index in [2.05, 4.69) is 11.5 Å². The summed E-state index contributed by atoms with van der Waals surface area (Å²) in [6, 6.07) is 2.19. The summed E-state index contributed by atoms with van der Waals surface area (Å²) in [7, 11) is 0. The van der Waals surface area contributed by atoms with Gasteiger partial charge in [-0.1, -0.05) is 0 Å². The molecule has 1 saturated heterocycles. The number of nitriles is 1. The topological polar surface area (TPSA) is 39.1 Å². The van der Waals surface area contributed by atoms with Crippen molar-refractivity contribution in [2.24, 2.45) is 0 Å². The minimum Gasteiger partial charge on any atom is -0.254 e. The third kappa shape index (κ3) is 1.41. The molecule has 0 aromatic rings. The largest absolute Gasteiger partial charge is 0.254 e. The van der Waals surface area contributed by atoms with Crippen LogP contribution in [0.5, 0.6) is 0 Å². The monoisotopic (exact) mass is 125 g/mol. The Balaban J connectivity index is 2.34. The highest BCUT2D eigenvalue weighted by Gasteiger charge is 2.15. The van der Waals surface area contributed by atoms with Gasteiger partial charge in [0.1, 0.15) is 6.04 Å². The molecule has 0 aromatic heterocycles. The van der Waals surface area contributed by atoms with Crippen LogP contribution in [-0.4, -0.2) is 24.1 Å². The van der Waals surface area contributed by atoms with Gasteiger partial charge in [0.2, 0.25) is 0 Å². The normalized spacial score (nSPS) is 23.6. The average molecular weight is 125 g/mol. The third-order valence-corrected chi connectivity index (χ3v) is 1.55. The van der Waals surface area contributed by atoms with Crippen LogP contribution in [0, 0.1) is 11.3 Å². The summed E-state index contributed by atoms with van der Waals surface area (Å²) in [5.74, 6) is 0. The third-order valence-electron chi connectivity index (χ3n) is 1.55. The Bertz CT molecular complexity index is 121. The molecule has 0 spiro atoms. The first kappa shape index (κ1) is 6.53. The lowest BCUT2D eigenvalue weighted by Gasteiger charge is -2.16. The lowest BCUT2D eigenvalue weighted by molar-refractivity contribution is 0.225. The highest BCUT2D eigenvalue weighted by Crippen LogP contribution is 2.00. The second kappa shape index (κ2) is 2.81. The van der Waals surface area contributed by atoms with Crippen LogP contribution in [0.2, 0.25) is 0 Å². The number of hydrazine groups is 1. The first-order chi connectivity index (χ1) is 4.34. The Morgan fingerprint density at radius 3 is 3.00 bits per heavy atom. The van der Waals surface area contributed by atoms with Gasteiger partial charge in [-0.25, -0.2) is 5.01 Å². The fourth-order valence-corrected chi connectivity index (χ4v) is 0.951. The van der Waals surface area contributed by atoms with Gasteiger partial charge >= 0.3 is 0 Å². The van der Waals surface area contributed by atoms with Crippen molar-refractivity contribution in [3.63, 3.8) is 0 Å². The van der Waals surface area contributed by atoms with Crippen LogP contribution in [0.4, 0.5) is 0 Å². The summed E-state index contributed by atoms with van der Waals surface area (Å²) >= 11 is 0. The lowest BCUT2D eigenvalue weighted by atomic mass is 10.3. The van der Waals surface area contributed by atoms with Gasteiger partial charge in [-0.3, -0.25) is 5.43 Å². The number of hydrogen-bond acceptors (Lipinski definition) is 3. The summed E-state index contributed by atoms with van der Waals surface area (Å²) in [5.41, 5.74) is 3.12. The molecule has 0 amide bonds. The molecule has 0 aliphatic carbocycles. The minimum atomic E-state index is 0.0208. The van der Waals surface area contributed by atoms with E-state index in [0.29, 0.717) is 0 Å². The smallest absolute Gasteiger partial charge is 0.108 e. The summed E-state index contributed by atoms with van der Waals surface area (Å²) in [4.78, 5) is 0. The molecule has 3 nitrogen and oxygen atoms in total. The van der Waals surface area contributed by atoms with Crippen LogP contribution in [-0.2, 0) is 0 Å². The van der Waals surface area contributed by atoms with E-state index in [1.165, 1.54) is 0 Å². The van der Waals surface area contributed by atoms with Crippen molar-refractivity contribution < 1.29 is 0 Å². The Kier molecular flexibility index (Phi) is 2.04. The number of nitrogens with zero attached hydrogens (tertiary/aromatic N) is 2. The van der Waals surface area contributed by atoms with Crippen LogP contribution in [0.1, 0.15) is 13.3 Å². The van der Waals surface area contributed by atoms with Gasteiger partial charge in [0.15, 0.2) is 0 Å². The van der Waals surface area contributed by atoms with Crippen molar-refractivity contribution in [1.29, 1.82) is 5.26 Å². The molecule has 0 bridgehead atoms. The van der Waals surface area contributed by atoms with Gasteiger partial charge < -0.3 is 0 Å². The molecule has 1 atom stereocenters. The standard InChI is InChI=1S/C6H11N3/c1-6(5-7)9-4-2-3-8-9/h6,8H,2-4H2,1H3. The first-order valence-electron chi connectivity index (χ1n) is 3.24. The molecule has 50 valence electrons. The Labute approximate surface area is 55.2 Å². The maximum absolute atomic E-state index is 8.46. The molecular weight excluding hydrogens is 114 g/mol. The van der Waals surface area contributed by atoms with Gasteiger partial charge in [0.05, 0.1) is 6.07 Å². The molecule has 0 radical (unpaired) electrons. The maximum Gasteiger partial charge on any atom is 0.108 e. The molecule has 0 aromatic carbocycles. The van der Waals surface area contributed by atoms with Gasteiger partial charge in [-0.15, -0.1) is 0 Å². The molecule has 1 unspecified atom stereocenters. The molecule has 3 heteroatoms. The molecular formula is C6H11N3. The predicted molar refractivity (Wildman–Crippen MR) is 34.4 cm³/mol. The Hall–Kier alpha value is -0.590. The quantitative estimate of drug-likeness (QED) is 0.540. The average Bonchev–Trinajstić information content (AvgIpc) is 2.37. The number of hydrogen-bond donors (Lipinski definition) is 1. The van der Waals surface area contributed by atoms with Crippen LogP contribution >= 0.6 is 0 Å². The highest BCUT2D eigenvalue weighted by atomic mass is 15.5. The Morgan fingerprint density at radius 1 is 1.78 bits per heavy atom. The number of rotatable bonds is 1. The summed E-state index contributed by atoms with van der Waals surface area (Å²) in [6.45, 7) is 3.93. The van der Waals surface area contributed by atoms with E-state index in [1.54, 1.807) is 0 Å². The second-order valence-corrected chi connectivity index (χ2v) is 2.26. The van der Waals surface area contributed by atoms with E-state index >= 15 is 0 Å². The minimum absolute atomic E-state index is 0.0208. The van der Waals surface area contributed by atoms with Crippen molar-refractivity contribution >= 4 is 0 Å². The molecule has 1 heterocycles. The zero-order chi connectivity index (χ0) is 6.69. The van der Waals surface area contributed by atoms with Gasteiger partial charge in [-0.2, -0.15) is 5.26 Å². The SMILES string of the molecule is CC(C#N)N1CCCN1. The van der Waals surface area contributed by atoms with Crippen LogP contribution in [0.15, 0.2) is 0 Å². The van der Waals surface area contributed by atoms with Crippen molar-refractivity contribution in [3.05, 3.63) is 0 Å². The van der Waals surface area contributed by atoms with Gasteiger partial charge in [0, 0.05) is 13.1 Å². The van der Waals surface area contributed by atoms with E-state index in [1.807, 2.05) is 11.9 Å². The molecule has 1 fully saturated rings. The summed E-state index contributed by atoms with van der Waals surface area (Å²) in [6.07, 6.45) is 1.16. The zero-order valence-corrected chi connectivity index (χ0v) is 5.59. The lowest BCUT2D eigenvalue weighted by Crippen LogP contribution is -2.37. The van der Waals surface area contributed by atoms with E-state index in [4.69, 9.17) is 5.26 Å². The van der Waals surface area contributed by atoms with Crippen molar-refractivity contribution in [1.82, 2.24) is 10.4 Å². The van der Waals surface area contributed by atoms with Crippen LogP contribution in [0.25, 0.3) is 0 Å². The molecule has 1 aliphatic heterocycles.